The number of benzene rings is 1. The maximum absolute atomic E-state index is 13.6. The summed E-state index contributed by atoms with van der Waals surface area (Å²) in [4.78, 5) is 4.32. The van der Waals surface area contributed by atoms with Gasteiger partial charge in [0.1, 0.15) is 5.82 Å². The van der Waals surface area contributed by atoms with E-state index in [1.54, 1.807) is 30.8 Å². The fourth-order valence-electron chi connectivity index (χ4n) is 2.07. The summed E-state index contributed by atoms with van der Waals surface area (Å²) in [6.07, 6.45) is 3.45. The van der Waals surface area contributed by atoms with E-state index in [4.69, 9.17) is 8.94 Å². The first-order valence-electron chi connectivity index (χ1n) is 7.69. The van der Waals surface area contributed by atoms with Gasteiger partial charge in [-0.3, -0.25) is 0 Å². The molecular weight excluding hydrogens is 363 g/mol. The van der Waals surface area contributed by atoms with Crippen molar-refractivity contribution in [2.45, 2.75) is 30.7 Å². The summed E-state index contributed by atoms with van der Waals surface area (Å²) in [5.41, 5.74) is 1.20. The minimum Gasteiger partial charge on any atom is -0.415 e. The Morgan fingerprint density at radius 3 is 2.88 bits per heavy atom. The highest BCUT2D eigenvalue weighted by Gasteiger charge is 2.11. The van der Waals surface area contributed by atoms with Crippen molar-refractivity contribution in [3.63, 3.8) is 0 Å². The molecule has 0 unspecified atom stereocenters. The smallest absolute Gasteiger partial charge is 0.276 e. The lowest BCUT2D eigenvalue weighted by molar-refractivity contribution is 0.378. The molecule has 0 aliphatic carbocycles. The molecule has 0 saturated carbocycles. The Labute approximate surface area is 153 Å². The van der Waals surface area contributed by atoms with Crippen molar-refractivity contribution in [2.75, 3.05) is 12.0 Å². The fourth-order valence-corrected chi connectivity index (χ4v) is 3.15. The molecule has 1 aromatic carbocycles. The van der Waals surface area contributed by atoms with Crippen LogP contribution in [-0.4, -0.2) is 32.3 Å². The molecule has 3 aromatic rings. The quantitative estimate of drug-likeness (QED) is 0.426. The van der Waals surface area contributed by atoms with Crippen LogP contribution in [0.25, 0.3) is 11.4 Å². The number of nitrogens with zero attached hydrogens (tertiary/aromatic N) is 4. The highest BCUT2D eigenvalue weighted by atomic mass is 32.2. The first-order valence-corrected chi connectivity index (χ1v) is 10.1. The maximum atomic E-state index is 13.6. The zero-order valence-electron chi connectivity index (χ0n) is 13.9. The van der Waals surface area contributed by atoms with E-state index in [0.717, 1.165) is 17.9 Å². The normalized spacial score (nSPS) is 11.2. The van der Waals surface area contributed by atoms with Gasteiger partial charge in [0.25, 0.3) is 5.22 Å². The second-order valence-corrected chi connectivity index (χ2v) is 7.23. The van der Waals surface area contributed by atoms with Crippen LogP contribution in [0, 0.1) is 12.7 Å². The Balaban J connectivity index is 1.49. The van der Waals surface area contributed by atoms with E-state index in [1.165, 1.54) is 17.8 Å². The molecule has 0 aliphatic rings. The molecule has 6 nitrogen and oxygen atoms in total. The van der Waals surface area contributed by atoms with Crippen LogP contribution in [0.1, 0.15) is 23.8 Å². The largest absolute Gasteiger partial charge is 0.415 e. The summed E-state index contributed by atoms with van der Waals surface area (Å²) in [6.45, 7) is 1.71. The molecule has 0 aliphatic heterocycles. The predicted molar refractivity (Wildman–Crippen MR) is 95.0 cm³/mol. The Bertz CT molecular complexity index is 837. The first-order chi connectivity index (χ1) is 12.2. The minimum atomic E-state index is -0.277. The first kappa shape index (κ1) is 17.9. The number of aryl methyl sites for hydroxylation is 2. The van der Waals surface area contributed by atoms with Crippen LogP contribution in [0.2, 0.25) is 0 Å². The molecule has 132 valence electrons. The molecule has 0 spiro atoms. The molecule has 2 heterocycles. The fraction of sp³-hybridized carbons (Fsp3) is 0.375. The molecule has 0 saturated heterocycles. The van der Waals surface area contributed by atoms with Gasteiger partial charge in [-0.1, -0.05) is 29.1 Å². The van der Waals surface area contributed by atoms with E-state index in [2.05, 4.69) is 20.3 Å². The molecule has 25 heavy (non-hydrogen) atoms. The maximum Gasteiger partial charge on any atom is 0.276 e. The predicted octanol–water partition coefficient (Wildman–Crippen LogP) is 4.16. The SMILES string of the molecule is CSCc1nnc(SCCCc2nc(-c3ccc(C)c(F)c3)no2)o1. The van der Waals surface area contributed by atoms with Crippen LogP contribution in [0.4, 0.5) is 4.39 Å². The van der Waals surface area contributed by atoms with Gasteiger partial charge in [0.15, 0.2) is 0 Å². The topological polar surface area (TPSA) is 77.8 Å². The third-order valence-electron chi connectivity index (χ3n) is 3.37. The second kappa shape index (κ2) is 8.48. The zero-order valence-corrected chi connectivity index (χ0v) is 15.5. The van der Waals surface area contributed by atoms with E-state index < -0.39 is 0 Å². The van der Waals surface area contributed by atoms with Crippen molar-refractivity contribution in [1.82, 2.24) is 20.3 Å². The van der Waals surface area contributed by atoms with Gasteiger partial charge >= 0.3 is 0 Å². The third-order valence-corrected chi connectivity index (χ3v) is 4.82. The Morgan fingerprint density at radius 1 is 1.20 bits per heavy atom. The number of rotatable bonds is 8. The van der Waals surface area contributed by atoms with Crippen LogP contribution in [0.5, 0.6) is 0 Å². The standard InChI is InChI=1S/C16H17FN4O2S2/c1-10-5-6-11(8-12(10)17)15-18-13(23-21-15)4-3-7-25-16-20-19-14(22-16)9-24-2/h5-6,8H,3-4,7,9H2,1-2H3. The molecule has 9 heteroatoms. The van der Waals surface area contributed by atoms with Crippen molar-refractivity contribution in [1.29, 1.82) is 0 Å². The molecule has 3 rings (SSSR count). The highest BCUT2D eigenvalue weighted by Crippen LogP contribution is 2.21. The molecule has 0 amide bonds. The average molecular weight is 380 g/mol. The highest BCUT2D eigenvalue weighted by molar-refractivity contribution is 7.99. The van der Waals surface area contributed by atoms with Crippen molar-refractivity contribution < 1.29 is 13.3 Å². The van der Waals surface area contributed by atoms with Gasteiger partial charge < -0.3 is 8.94 Å². The lowest BCUT2D eigenvalue weighted by Gasteiger charge is -1.97. The molecule has 0 fully saturated rings. The van der Waals surface area contributed by atoms with E-state index in [1.807, 2.05) is 6.26 Å². The summed E-state index contributed by atoms with van der Waals surface area (Å²) >= 11 is 3.14. The van der Waals surface area contributed by atoms with Gasteiger partial charge in [-0.25, -0.2) is 4.39 Å². The number of hydrogen-bond acceptors (Lipinski definition) is 8. The van der Waals surface area contributed by atoms with Crippen LogP contribution in [0.3, 0.4) is 0 Å². The summed E-state index contributed by atoms with van der Waals surface area (Å²) in [5, 5.41) is 12.4. The molecule has 0 radical (unpaired) electrons. The van der Waals surface area contributed by atoms with E-state index >= 15 is 0 Å². The number of thioether (sulfide) groups is 2. The van der Waals surface area contributed by atoms with Gasteiger partial charge in [0.05, 0.1) is 5.75 Å². The molecule has 0 N–H and O–H groups in total. The Morgan fingerprint density at radius 2 is 2.08 bits per heavy atom. The van der Waals surface area contributed by atoms with Crippen LogP contribution in [-0.2, 0) is 12.2 Å². The van der Waals surface area contributed by atoms with Crippen molar-refractivity contribution in [2.24, 2.45) is 0 Å². The van der Waals surface area contributed by atoms with Crippen LogP contribution in [0.15, 0.2) is 32.4 Å². The summed E-state index contributed by atoms with van der Waals surface area (Å²) < 4.78 is 24.3. The Hall–Kier alpha value is -1.87. The number of hydrogen-bond donors (Lipinski definition) is 0. The minimum absolute atomic E-state index is 0.277. The average Bonchev–Trinajstić information content (AvgIpc) is 3.24. The summed E-state index contributed by atoms with van der Waals surface area (Å²) in [7, 11) is 0. The molecular formula is C16H17FN4O2S2. The molecule has 2 aromatic heterocycles. The van der Waals surface area contributed by atoms with Gasteiger partial charge in [0, 0.05) is 17.7 Å². The van der Waals surface area contributed by atoms with Crippen molar-refractivity contribution in [3.8, 4) is 11.4 Å². The van der Waals surface area contributed by atoms with E-state index in [9.17, 15) is 4.39 Å². The van der Waals surface area contributed by atoms with E-state index in [0.29, 0.717) is 40.4 Å². The van der Waals surface area contributed by atoms with Gasteiger partial charge in [-0.2, -0.15) is 16.7 Å². The van der Waals surface area contributed by atoms with Crippen LogP contribution >= 0.6 is 23.5 Å². The summed E-state index contributed by atoms with van der Waals surface area (Å²) in [5.74, 6) is 2.82. The lowest BCUT2D eigenvalue weighted by atomic mass is 10.1. The van der Waals surface area contributed by atoms with Crippen LogP contribution < -0.4 is 0 Å². The van der Waals surface area contributed by atoms with E-state index in [-0.39, 0.29) is 5.82 Å². The lowest BCUT2D eigenvalue weighted by Crippen LogP contribution is -1.89. The molecule has 0 bridgehead atoms. The zero-order chi connectivity index (χ0) is 17.6. The van der Waals surface area contributed by atoms with Gasteiger partial charge in [-0.15, -0.1) is 10.2 Å². The monoisotopic (exact) mass is 380 g/mol. The number of halogens is 1. The second-order valence-electron chi connectivity index (χ2n) is 5.32. The van der Waals surface area contributed by atoms with Crippen molar-refractivity contribution in [3.05, 3.63) is 41.4 Å². The number of aromatic nitrogens is 4. The van der Waals surface area contributed by atoms with Crippen molar-refractivity contribution >= 4 is 23.5 Å². The third kappa shape index (κ3) is 4.82. The van der Waals surface area contributed by atoms with Gasteiger partial charge in [0.2, 0.25) is 17.6 Å². The van der Waals surface area contributed by atoms with Gasteiger partial charge in [-0.05, 0) is 31.2 Å². The summed E-state index contributed by atoms with van der Waals surface area (Å²) in [6, 6.07) is 4.90. The molecule has 0 atom stereocenters. The Kier molecular flexibility index (Phi) is 6.09.